The van der Waals surface area contributed by atoms with Gasteiger partial charge in [0.1, 0.15) is 5.71 Å². The molecule has 0 saturated carbocycles. The number of benzene rings is 1. The number of alkyl halides is 3. The summed E-state index contributed by atoms with van der Waals surface area (Å²) in [6.07, 6.45) is -5.26. The first kappa shape index (κ1) is 22.0. The topological polar surface area (TPSA) is 73.5 Å². The quantitative estimate of drug-likeness (QED) is 0.264. The number of hydrogen-bond donors (Lipinski definition) is 4. The molecule has 0 unspecified atom stereocenters. The van der Waals surface area contributed by atoms with Crippen LogP contribution in [-0.2, 0) is 6.42 Å². The SMILES string of the molecule is CN/C(S)=N/N=C(C)/C(=N/N=C(\S)NC)c1ccc(CC(F)(F)F)cc1. The molecule has 0 atom stereocenters. The summed E-state index contributed by atoms with van der Waals surface area (Å²) < 4.78 is 37.4. The Morgan fingerprint density at radius 1 is 0.923 bits per heavy atom. The van der Waals surface area contributed by atoms with Gasteiger partial charge in [-0.25, -0.2) is 0 Å². The molecule has 0 bridgehead atoms. The maximum atomic E-state index is 12.5. The molecule has 1 rings (SSSR count). The molecule has 11 heteroatoms. The predicted octanol–water partition coefficient (Wildman–Crippen LogP) is 2.88. The van der Waals surface area contributed by atoms with Crippen molar-refractivity contribution in [2.45, 2.75) is 19.5 Å². The largest absolute Gasteiger partial charge is 0.393 e. The van der Waals surface area contributed by atoms with Crippen LogP contribution >= 0.6 is 25.3 Å². The molecule has 0 aliphatic carbocycles. The summed E-state index contributed by atoms with van der Waals surface area (Å²) in [6.45, 7) is 1.65. The zero-order chi connectivity index (χ0) is 19.7. The van der Waals surface area contributed by atoms with Gasteiger partial charge in [0, 0.05) is 19.7 Å². The van der Waals surface area contributed by atoms with Crippen molar-refractivity contribution in [3.05, 3.63) is 35.4 Å². The smallest absolute Gasteiger partial charge is 0.366 e. The van der Waals surface area contributed by atoms with Gasteiger partial charge in [-0.05, 0) is 12.5 Å². The van der Waals surface area contributed by atoms with Gasteiger partial charge in [0.2, 0.25) is 0 Å². The van der Waals surface area contributed by atoms with E-state index in [-0.39, 0.29) is 15.9 Å². The Morgan fingerprint density at radius 3 is 1.88 bits per heavy atom. The van der Waals surface area contributed by atoms with Crippen molar-refractivity contribution in [2.24, 2.45) is 20.4 Å². The molecule has 2 N–H and O–H groups in total. The minimum absolute atomic E-state index is 0.148. The molecule has 1 aromatic rings. The fourth-order valence-electron chi connectivity index (χ4n) is 1.72. The number of hydrogen-bond acceptors (Lipinski definition) is 4. The lowest BCUT2D eigenvalue weighted by atomic mass is 10.0. The molecule has 0 aliphatic rings. The Balaban J connectivity index is 3.24. The van der Waals surface area contributed by atoms with E-state index in [2.05, 4.69) is 56.3 Å². The molecule has 0 aromatic heterocycles. The monoisotopic (exact) mass is 404 g/mol. The maximum Gasteiger partial charge on any atom is 0.393 e. The Hall–Kier alpha value is -2.01. The van der Waals surface area contributed by atoms with Crippen LogP contribution in [0.1, 0.15) is 18.1 Å². The van der Waals surface area contributed by atoms with Crippen LogP contribution in [0.5, 0.6) is 0 Å². The Bertz CT molecular complexity index is 724. The first-order chi connectivity index (χ1) is 12.2. The van der Waals surface area contributed by atoms with Crippen molar-refractivity contribution in [1.82, 2.24) is 10.6 Å². The third kappa shape index (κ3) is 7.91. The number of nitrogens with zero attached hydrogens (tertiary/aromatic N) is 4. The lowest BCUT2D eigenvalue weighted by Gasteiger charge is -2.08. The highest BCUT2D eigenvalue weighted by Crippen LogP contribution is 2.21. The van der Waals surface area contributed by atoms with Crippen LogP contribution in [0.3, 0.4) is 0 Å². The van der Waals surface area contributed by atoms with Gasteiger partial charge in [0.15, 0.2) is 10.3 Å². The summed E-state index contributed by atoms with van der Waals surface area (Å²) >= 11 is 8.11. The summed E-state index contributed by atoms with van der Waals surface area (Å²) in [5.41, 5.74) is 1.43. The molecule has 1 aromatic carbocycles. The zero-order valence-electron chi connectivity index (χ0n) is 14.3. The molecule has 0 fully saturated rings. The van der Waals surface area contributed by atoms with Crippen molar-refractivity contribution in [3.63, 3.8) is 0 Å². The third-order valence-corrected chi connectivity index (χ3v) is 3.59. The lowest BCUT2D eigenvalue weighted by molar-refractivity contribution is -0.127. The van der Waals surface area contributed by atoms with Gasteiger partial charge in [-0.15, -0.1) is 40.6 Å². The van der Waals surface area contributed by atoms with E-state index in [1.807, 2.05) is 0 Å². The van der Waals surface area contributed by atoms with E-state index in [4.69, 9.17) is 0 Å². The van der Waals surface area contributed by atoms with Gasteiger partial charge in [0.05, 0.1) is 12.1 Å². The van der Waals surface area contributed by atoms with E-state index in [0.717, 1.165) is 0 Å². The molecule has 26 heavy (non-hydrogen) atoms. The minimum atomic E-state index is -4.27. The Morgan fingerprint density at radius 2 is 1.42 bits per heavy atom. The summed E-state index contributed by atoms with van der Waals surface area (Å²) in [6, 6.07) is 5.82. The molecule has 0 aliphatic heterocycles. The molecular weight excluding hydrogens is 385 g/mol. The normalized spacial score (nSPS) is 14.5. The Labute approximate surface area is 160 Å². The average molecular weight is 404 g/mol. The molecule has 0 spiro atoms. The van der Waals surface area contributed by atoms with Crippen LogP contribution in [0.25, 0.3) is 0 Å². The summed E-state index contributed by atoms with van der Waals surface area (Å²) in [7, 11) is 3.26. The lowest BCUT2D eigenvalue weighted by Crippen LogP contribution is -2.16. The number of amidine groups is 2. The fourth-order valence-corrected chi connectivity index (χ4v) is 1.81. The fraction of sp³-hybridized carbons (Fsp3) is 0.333. The molecule has 6 nitrogen and oxygen atoms in total. The van der Waals surface area contributed by atoms with Gasteiger partial charge < -0.3 is 10.6 Å². The standard InChI is InChI=1S/C15H19F3N6S2/c1-9(21-23-13(25)19-2)12(22-24-14(26)20-3)11-6-4-10(5-7-11)8-15(16,17)18/h4-7H,8H2,1-3H3,(H2,19,23,25)(H2,20,24,26)/b21-9+,22-12-. The third-order valence-electron chi connectivity index (χ3n) is 2.96. The summed E-state index contributed by atoms with van der Waals surface area (Å²) in [4.78, 5) is 0. The van der Waals surface area contributed by atoms with Gasteiger partial charge in [-0.1, -0.05) is 24.3 Å². The zero-order valence-corrected chi connectivity index (χ0v) is 16.1. The number of rotatable bonds is 5. The highest BCUT2D eigenvalue weighted by molar-refractivity contribution is 7.97. The van der Waals surface area contributed by atoms with Crippen LogP contribution in [-0.4, -0.2) is 42.0 Å². The second-order valence-electron chi connectivity index (χ2n) is 4.97. The highest BCUT2D eigenvalue weighted by atomic mass is 32.1. The molecule has 0 amide bonds. The van der Waals surface area contributed by atoms with Crippen LogP contribution in [0.4, 0.5) is 13.2 Å². The van der Waals surface area contributed by atoms with E-state index < -0.39 is 12.6 Å². The molecule has 0 saturated heterocycles. The van der Waals surface area contributed by atoms with Gasteiger partial charge in [-0.3, -0.25) is 0 Å². The van der Waals surface area contributed by atoms with Crippen molar-refractivity contribution in [2.75, 3.05) is 14.1 Å². The van der Waals surface area contributed by atoms with E-state index >= 15 is 0 Å². The average Bonchev–Trinajstić information content (AvgIpc) is 2.59. The van der Waals surface area contributed by atoms with E-state index in [1.54, 1.807) is 21.0 Å². The number of nitrogens with one attached hydrogen (secondary N) is 2. The maximum absolute atomic E-state index is 12.5. The number of halogens is 3. The second kappa shape index (κ2) is 10.2. The minimum Gasteiger partial charge on any atom is -0.366 e. The van der Waals surface area contributed by atoms with E-state index in [9.17, 15) is 13.2 Å². The first-order valence-electron chi connectivity index (χ1n) is 7.34. The van der Waals surface area contributed by atoms with Gasteiger partial charge in [-0.2, -0.15) is 18.3 Å². The first-order valence-corrected chi connectivity index (χ1v) is 8.23. The molecular formula is C15H19F3N6S2. The predicted molar refractivity (Wildman–Crippen MR) is 107 cm³/mol. The van der Waals surface area contributed by atoms with Crippen molar-refractivity contribution in [1.29, 1.82) is 0 Å². The molecule has 0 radical (unpaired) electrons. The second-order valence-corrected chi connectivity index (χ2v) is 5.82. The van der Waals surface area contributed by atoms with Crippen molar-refractivity contribution >= 4 is 47.0 Å². The van der Waals surface area contributed by atoms with E-state index in [1.165, 1.54) is 24.3 Å². The van der Waals surface area contributed by atoms with Gasteiger partial charge >= 0.3 is 6.18 Å². The van der Waals surface area contributed by atoms with Crippen LogP contribution in [0, 0.1) is 0 Å². The summed E-state index contributed by atoms with van der Waals surface area (Å²) in [5.74, 6) is 0. The van der Waals surface area contributed by atoms with Crippen LogP contribution in [0.2, 0.25) is 0 Å². The van der Waals surface area contributed by atoms with Crippen molar-refractivity contribution in [3.8, 4) is 0 Å². The highest BCUT2D eigenvalue weighted by Gasteiger charge is 2.27. The van der Waals surface area contributed by atoms with Crippen molar-refractivity contribution < 1.29 is 13.2 Å². The Kier molecular flexibility index (Phi) is 8.66. The molecule has 142 valence electrons. The summed E-state index contributed by atoms with van der Waals surface area (Å²) in [5, 5.41) is 21.7. The van der Waals surface area contributed by atoms with Crippen LogP contribution in [0.15, 0.2) is 44.7 Å². The van der Waals surface area contributed by atoms with Crippen LogP contribution < -0.4 is 10.6 Å². The van der Waals surface area contributed by atoms with Gasteiger partial charge in [0.25, 0.3) is 0 Å². The number of thiol groups is 2. The van der Waals surface area contributed by atoms with E-state index in [0.29, 0.717) is 17.0 Å². The molecule has 0 heterocycles.